The standard InChI is InChI=1S/C12H13N3O.C7H8O3S/c1-8-6-7-15(3)12-10(8)4-5-11(14-12)13-9(2)16;1-6-2-4-7(5-3-6)11(8,9)10/h4-7H,1-3H3;2-5H,1H3,(H,8,9,10). The van der Waals surface area contributed by atoms with Gasteiger partial charge in [-0.05, 0) is 48.7 Å². The highest BCUT2D eigenvalue weighted by Crippen LogP contribution is 2.15. The molecule has 3 rings (SSSR count). The van der Waals surface area contributed by atoms with Crippen molar-refractivity contribution in [3.05, 3.63) is 59.8 Å². The van der Waals surface area contributed by atoms with E-state index in [0.717, 1.165) is 16.6 Å². The van der Waals surface area contributed by atoms with Gasteiger partial charge in [-0.1, -0.05) is 17.7 Å². The number of benzene rings is 1. The molecule has 1 N–H and O–H groups in total. The number of nitrogens with zero attached hydrogens (tertiary/aromatic N) is 2. The zero-order valence-corrected chi connectivity index (χ0v) is 16.4. The maximum Gasteiger partial charge on any atom is 0.332 e. The van der Waals surface area contributed by atoms with Crippen LogP contribution < -0.4 is 9.88 Å². The van der Waals surface area contributed by atoms with Crippen molar-refractivity contribution in [3.8, 4) is 0 Å². The van der Waals surface area contributed by atoms with Crippen LogP contribution in [0.3, 0.4) is 0 Å². The molecule has 0 saturated heterocycles. The first-order valence-electron chi connectivity index (χ1n) is 8.14. The summed E-state index contributed by atoms with van der Waals surface area (Å²) >= 11 is 0. The summed E-state index contributed by atoms with van der Waals surface area (Å²) in [6.07, 6.45) is 1.96. The van der Waals surface area contributed by atoms with Crippen molar-refractivity contribution in [1.82, 2.24) is 4.98 Å². The summed E-state index contributed by atoms with van der Waals surface area (Å²) in [6, 6.07) is 11.6. The van der Waals surface area contributed by atoms with Crippen LogP contribution in [0.1, 0.15) is 18.1 Å². The first kappa shape index (κ1) is 20.5. The quantitative estimate of drug-likeness (QED) is 0.536. The number of amides is 1. The molecule has 3 aromatic rings. The van der Waals surface area contributed by atoms with Crippen molar-refractivity contribution in [2.75, 3.05) is 5.32 Å². The molecule has 0 aliphatic heterocycles. The highest BCUT2D eigenvalue weighted by Gasteiger charge is 2.12. The monoisotopic (exact) mass is 387 g/mol. The lowest BCUT2D eigenvalue weighted by atomic mass is 10.2. The summed E-state index contributed by atoms with van der Waals surface area (Å²) < 4.78 is 33.1. The molecular weight excluding hydrogens is 366 g/mol. The lowest BCUT2D eigenvalue weighted by molar-refractivity contribution is -0.646. The van der Waals surface area contributed by atoms with E-state index in [1.54, 1.807) is 12.1 Å². The number of nitrogens with one attached hydrogen (secondary N) is 1. The second kappa shape index (κ2) is 8.24. The summed E-state index contributed by atoms with van der Waals surface area (Å²) in [5, 5.41) is 3.78. The number of carbonyl (C=O) groups excluding carboxylic acids is 1. The van der Waals surface area contributed by atoms with Crippen LogP contribution in [0.5, 0.6) is 0 Å². The number of anilines is 1. The van der Waals surface area contributed by atoms with E-state index in [2.05, 4.69) is 10.3 Å². The van der Waals surface area contributed by atoms with E-state index in [1.807, 2.05) is 49.9 Å². The molecule has 7 nitrogen and oxygen atoms in total. The van der Waals surface area contributed by atoms with Crippen molar-refractivity contribution >= 4 is 32.9 Å². The number of aryl methyl sites for hydroxylation is 3. The van der Waals surface area contributed by atoms with Gasteiger partial charge in [-0.3, -0.25) is 10.1 Å². The second-order valence-corrected chi connectivity index (χ2v) is 7.51. The van der Waals surface area contributed by atoms with Crippen molar-refractivity contribution in [2.24, 2.45) is 7.05 Å². The van der Waals surface area contributed by atoms with Gasteiger partial charge in [0.15, 0.2) is 0 Å². The number of carbonyl (C=O) groups is 1. The number of aromatic nitrogens is 2. The Hall–Kier alpha value is -2.84. The molecule has 2 aromatic heterocycles. The molecule has 8 heteroatoms. The molecule has 0 atom stereocenters. The van der Waals surface area contributed by atoms with Gasteiger partial charge >= 0.3 is 5.65 Å². The Kier molecular flexibility index (Phi) is 6.24. The van der Waals surface area contributed by atoms with E-state index in [0.29, 0.717) is 5.82 Å². The molecule has 0 saturated carbocycles. The molecule has 0 unspecified atom stereocenters. The first-order valence-corrected chi connectivity index (χ1v) is 9.55. The van der Waals surface area contributed by atoms with E-state index in [-0.39, 0.29) is 10.8 Å². The molecule has 0 bridgehead atoms. The summed E-state index contributed by atoms with van der Waals surface area (Å²) in [5.74, 6) is 0.475. The Labute approximate surface area is 158 Å². The van der Waals surface area contributed by atoms with Crippen molar-refractivity contribution in [2.45, 2.75) is 25.7 Å². The van der Waals surface area contributed by atoms with Gasteiger partial charge in [0.2, 0.25) is 11.7 Å². The van der Waals surface area contributed by atoms with E-state index >= 15 is 0 Å². The van der Waals surface area contributed by atoms with Crippen LogP contribution >= 0.6 is 0 Å². The number of hydrogen-bond donors (Lipinski definition) is 1. The lowest BCUT2D eigenvalue weighted by Gasteiger charge is -2.05. The molecule has 27 heavy (non-hydrogen) atoms. The number of fused-ring (bicyclic) bond motifs is 1. The Balaban J connectivity index is 0.000000208. The fourth-order valence-corrected chi connectivity index (χ4v) is 2.83. The summed E-state index contributed by atoms with van der Waals surface area (Å²) in [6.45, 7) is 5.34. The predicted molar refractivity (Wildman–Crippen MR) is 101 cm³/mol. The molecule has 0 fully saturated rings. The first-order chi connectivity index (χ1) is 12.6. The average Bonchev–Trinajstić information content (AvgIpc) is 2.58. The summed E-state index contributed by atoms with van der Waals surface area (Å²) in [5.41, 5.74) is 2.97. The number of rotatable bonds is 2. The molecule has 2 heterocycles. The molecule has 0 radical (unpaired) electrons. The molecular formula is C19H21N3O4S. The fourth-order valence-electron chi connectivity index (χ4n) is 2.36. The van der Waals surface area contributed by atoms with Gasteiger partial charge in [-0.2, -0.15) is 0 Å². The van der Waals surface area contributed by atoms with Gasteiger partial charge in [-0.25, -0.2) is 13.0 Å². The maximum atomic E-state index is 10.9. The third kappa shape index (κ3) is 5.57. The van der Waals surface area contributed by atoms with E-state index in [1.165, 1.54) is 24.6 Å². The van der Waals surface area contributed by atoms with Crippen LogP contribution in [0.4, 0.5) is 5.82 Å². The van der Waals surface area contributed by atoms with Crippen molar-refractivity contribution in [3.63, 3.8) is 0 Å². The van der Waals surface area contributed by atoms with Crippen LogP contribution in [-0.2, 0) is 22.0 Å². The molecule has 1 aromatic carbocycles. The van der Waals surface area contributed by atoms with Crippen LogP contribution in [0.2, 0.25) is 0 Å². The van der Waals surface area contributed by atoms with Gasteiger partial charge in [0.25, 0.3) is 0 Å². The second-order valence-electron chi connectivity index (χ2n) is 6.13. The van der Waals surface area contributed by atoms with E-state index in [4.69, 9.17) is 0 Å². The minimum absolute atomic E-state index is 0.109. The van der Waals surface area contributed by atoms with Crippen LogP contribution in [0.15, 0.2) is 53.6 Å². The fraction of sp³-hybridized carbons (Fsp3) is 0.211. The topological polar surface area (TPSA) is 103 Å². The highest BCUT2D eigenvalue weighted by molar-refractivity contribution is 7.85. The normalized spacial score (nSPS) is 10.9. The third-order valence-corrected chi connectivity index (χ3v) is 4.65. The van der Waals surface area contributed by atoms with Crippen LogP contribution in [-0.4, -0.2) is 23.9 Å². The smallest absolute Gasteiger partial charge is 0.332 e. The van der Waals surface area contributed by atoms with Gasteiger partial charge in [0, 0.05) is 13.0 Å². The molecule has 0 aliphatic carbocycles. The molecule has 142 valence electrons. The van der Waals surface area contributed by atoms with Gasteiger partial charge in [0.1, 0.15) is 10.1 Å². The lowest BCUT2D eigenvalue weighted by Crippen LogP contribution is -2.29. The largest absolute Gasteiger partial charge is 0.744 e. The SMILES string of the molecule is CC(=O)Nc1ccc2c(C)cc[n+](C)c2n1.Cc1ccc(S(=O)(=O)[O-])cc1. The van der Waals surface area contributed by atoms with Crippen LogP contribution in [0.25, 0.3) is 11.0 Å². The number of pyridine rings is 2. The minimum Gasteiger partial charge on any atom is -0.744 e. The van der Waals surface area contributed by atoms with Crippen molar-refractivity contribution in [1.29, 1.82) is 0 Å². The van der Waals surface area contributed by atoms with Crippen molar-refractivity contribution < 1.29 is 22.3 Å². The summed E-state index contributed by atoms with van der Waals surface area (Å²) in [7, 11) is -2.33. The summed E-state index contributed by atoms with van der Waals surface area (Å²) in [4.78, 5) is 15.2. The highest BCUT2D eigenvalue weighted by atomic mass is 32.2. The minimum atomic E-state index is -4.27. The zero-order chi connectivity index (χ0) is 20.2. The van der Waals surface area contributed by atoms with E-state index < -0.39 is 10.1 Å². The van der Waals surface area contributed by atoms with Gasteiger partial charge in [-0.15, -0.1) is 0 Å². The Morgan fingerprint density at radius 3 is 2.26 bits per heavy atom. The predicted octanol–water partition coefficient (Wildman–Crippen LogP) is 2.23. The number of hydrogen-bond acceptors (Lipinski definition) is 5. The van der Waals surface area contributed by atoms with Gasteiger partial charge in [0.05, 0.1) is 23.5 Å². The Morgan fingerprint density at radius 1 is 1.07 bits per heavy atom. The van der Waals surface area contributed by atoms with Crippen LogP contribution in [0, 0.1) is 13.8 Å². The third-order valence-electron chi connectivity index (χ3n) is 3.80. The Bertz CT molecular complexity index is 1080. The Morgan fingerprint density at radius 2 is 1.70 bits per heavy atom. The molecule has 1 amide bonds. The maximum absolute atomic E-state index is 10.9. The molecule has 0 spiro atoms. The average molecular weight is 387 g/mol. The van der Waals surface area contributed by atoms with Gasteiger partial charge < -0.3 is 4.55 Å². The molecule has 0 aliphatic rings. The van der Waals surface area contributed by atoms with E-state index in [9.17, 15) is 17.8 Å². The zero-order valence-electron chi connectivity index (χ0n) is 15.6.